The Morgan fingerprint density at radius 3 is 1.23 bits per heavy atom. The molecule has 6 aromatic carbocycles. The Labute approximate surface area is 280 Å². The maximum absolute atomic E-state index is 13.8. The van der Waals surface area contributed by atoms with E-state index in [1.54, 1.807) is 13.0 Å². The minimum Gasteiger partial charge on any atom is -0.206 e. The fraction of sp³-hybridized carbons (Fsp3) is 0.0682. The maximum Gasteiger partial charge on any atom is 0.142 e. The lowest BCUT2D eigenvalue weighted by Crippen LogP contribution is -1.91. The molecule has 4 heteroatoms. The number of aryl methyl sites for hydroxylation is 3. The molecule has 0 atom stereocenters. The van der Waals surface area contributed by atoms with E-state index in [2.05, 4.69) is 47.9 Å². The van der Waals surface area contributed by atoms with Gasteiger partial charge in [0.1, 0.15) is 23.5 Å². The molecule has 0 aliphatic rings. The van der Waals surface area contributed by atoms with Crippen LogP contribution in [0.2, 0.25) is 0 Å². The van der Waals surface area contributed by atoms with Crippen LogP contribution >= 0.6 is 0 Å². The summed E-state index contributed by atoms with van der Waals surface area (Å²) >= 11 is 0. The molecule has 0 saturated heterocycles. The quantitative estimate of drug-likeness (QED) is 0.175. The average Bonchev–Trinajstić information content (AvgIpc) is 3.09. The number of halogens is 3. The molecule has 0 spiro atoms. The molecule has 0 bridgehead atoms. The van der Waals surface area contributed by atoms with Crippen LogP contribution in [0, 0.1) is 73.2 Å². The van der Waals surface area contributed by atoms with Crippen LogP contribution in [0.1, 0.15) is 44.5 Å². The van der Waals surface area contributed by atoms with Crippen LogP contribution in [0.3, 0.4) is 0 Å². The summed E-state index contributed by atoms with van der Waals surface area (Å²) in [5, 5.41) is 8.78. The summed E-state index contributed by atoms with van der Waals surface area (Å²) in [6.45, 7) is 5.74. The molecule has 0 N–H and O–H groups in total. The van der Waals surface area contributed by atoms with Gasteiger partial charge < -0.3 is 0 Å². The lowest BCUT2D eigenvalue weighted by molar-refractivity contribution is 0.575. The molecule has 0 aliphatic carbocycles. The van der Waals surface area contributed by atoms with Crippen LogP contribution in [0.5, 0.6) is 0 Å². The van der Waals surface area contributed by atoms with E-state index >= 15 is 0 Å². The van der Waals surface area contributed by atoms with Crippen molar-refractivity contribution in [2.24, 2.45) is 0 Å². The monoisotopic (exact) mass is 629 g/mol. The summed E-state index contributed by atoms with van der Waals surface area (Å²) in [6, 6.07) is 40.6. The third kappa shape index (κ3) is 8.70. The Hall–Kier alpha value is -6.28. The first-order valence-electron chi connectivity index (χ1n) is 15.2. The van der Waals surface area contributed by atoms with Gasteiger partial charge in [0.2, 0.25) is 0 Å². The van der Waals surface area contributed by atoms with Crippen molar-refractivity contribution in [3.63, 3.8) is 0 Å². The standard InChI is InChI=1S/C22H16F2.C22H14FN/c1-15-3-8-18(9-4-15)19-10-5-17(6-11-19)7-12-20-21(23)13-16(2)14-22(20)24;1-16-2-4-17(5-3-16)6-7-18-8-10-19(11-9-18)20-12-13-21(15-24)22(23)14-20/h3-6,8-11,13-14H,1-2H3;2-5,8-14H,1H3. The number of nitriles is 1. The molecule has 6 rings (SSSR count). The summed E-state index contributed by atoms with van der Waals surface area (Å²) in [6.07, 6.45) is 0. The van der Waals surface area contributed by atoms with Gasteiger partial charge in [-0.1, -0.05) is 102 Å². The van der Waals surface area contributed by atoms with Gasteiger partial charge in [-0.2, -0.15) is 5.26 Å². The number of rotatable bonds is 2. The Morgan fingerprint density at radius 1 is 0.396 bits per heavy atom. The van der Waals surface area contributed by atoms with Gasteiger partial charge in [-0.25, -0.2) is 13.2 Å². The normalized spacial score (nSPS) is 9.94. The molecule has 1 nitrogen and oxygen atoms in total. The van der Waals surface area contributed by atoms with Crippen molar-refractivity contribution in [2.45, 2.75) is 20.8 Å². The van der Waals surface area contributed by atoms with Crippen molar-refractivity contribution < 1.29 is 13.2 Å². The van der Waals surface area contributed by atoms with E-state index in [9.17, 15) is 13.2 Å². The third-order valence-corrected chi connectivity index (χ3v) is 7.50. The largest absolute Gasteiger partial charge is 0.206 e. The topological polar surface area (TPSA) is 23.8 Å². The van der Waals surface area contributed by atoms with E-state index in [4.69, 9.17) is 5.26 Å². The fourth-order valence-corrected chi connectivity index (χ4v) is 4.76. The second kappa shape index (κ2) is 15.3. The van der Waals surface area contributed by atoms with Gasteiger partial charge >= 0.3 is 0 Å². The van der Waals surface area contributed by atoms with Crippen molar-refractivity contribution in [3.8, 4) is 52.0 Å². The van der Waals surface area contributed by atoms with E-state index in [1.807, 2.05) is 92.7 Å². The average molecular weight is 630 g/mol. The van der Waals surface area contributed by atoms with Crippen molar-refractivity contribution >= 4 is 0 Å². The van der Waals surface area contributed by atoms with Gasteiger partial charge in [-0.3, -0.25) is 0 Å². The second-order valence-electron chi connectivity index (χ2n) is 11.3. The number of hydrogen-bond donors (Lipinski definition) is 0. The number of hydrogen-bond acceptors (Lipinski definition) is 1. The van der Waals surface area contributed by atoms with Crippen LogP contribution in [-0.4, -0.2) is 0 Å². The Kier molecular flexibility index (Phi) is 10.6. The van der Waals surface area contributed by atoms with Gasteiger partial charge in [0.05, 0.1) is 11.1 Å². The molecular formula is C44H30F3N. The molecule has 0 unspecified atom stereocenters. The van der Waals surface area contributed by atoms with Crippen LogP contribution in [0.25, 0.3) is 22.3 Å². The SMILES string of the molecule is Cc1ccc(-c2ccc(C#Cc3c(F)cc(C)cc3F)cc2)cc1.Cc1ccc(C#Cc2ccc(-c3ccc(C#N)c(F)c3)cc2)cc1. The van der Waals surface area contributed by atoms with Gasteiger partial charge in [-0.15, -0.1) is 0 Å². The summed E-state index contributed by atoms with van der Waals surface area (Å²) < 4.78 is 41.3. The van der Waals surface area contributed by atoms with Gasteiger partial charge in [0, 0.05) is 16.7 Å². The maximum atomic E-state index is 13.8. The molecule has 0 amide bonds. The summed E-state index contributed by atoms with van der Waals surface area (Å²) in [7, 11) is 0. The smallest absolute Gasteiger partial charge is 0.142 e. The molecule has 0 heterocycles. The molecule has 232 valence electrons. The highest BCUT2D eigenvalue weighted by atomic mass is 19.1. The van der Waals surface area contributed by atoms with Crippen molar-refractivity contribution in [2.75, 3.05) is 0 Å². The Balaban J connectivity index is 0.000000188. The minimum absolute atomic E-state index is 0.0549. The Bertz CT molecular complexity index is 2200. The first kappa shape index (κ1) is 33.1. The molecule has 0 saturated carbocycles. The van der Waals surface area contributed by atoms with Crippen LogP contribution < -0.4 is 0 Å². The second-order valence-corrected chi connectivity index (χ2v) is 11.3. The van der Waals surface area contributed by atoms with Crippen molar-refractivity contribution in [3.05, 3.63) is 189 Å². The van der Waals surface area contributed by atoms with Gasteiger partial charge in [-0.05, 0) is 109 Å². The van der Waals surface area contributed by atoms with Crippen LogP contribution in [0.15, 0.2) is 127 Å². The molecular weight excluding hydrogens is 599 g/mol. The van der Waals surface area contributed by atoms with E-state index in [-0.39, 0.29) is 11.1 Å². The summed E-state index contributed by atoms with van der Waals surface area (Å²) in [5.41, 5.74) is 9.23. The highest BCUT2D eigenvalue weighted by molar-refractivity contribution is 5.66. The third-order valence-electron chi connectivity index (χ3n) is 7.50. The predicted octanol–water partition coefficient (Wildman–Crippen LogP) is 10.7. The predicted molar refractivity (Wildman–Crippen MR) is 187 cm³/mol. The van der Waals surface area contributed by atoms with Gasteiger partial charge in [0.15, 0.2) is 0 Å². The number of nitrogens with zero attached hydrogens (tertiary/aromatic N) is 1. The minimum atomic E-state index is -0.628. The van der Waals surface area contributed by atoms with Crippen LogP contribution in [0.4, 0.5) is 13.2 Å². The van der Waals surface area contributed by atoms with Crippen molar-refractivity contribution in [1.82, 2.24) is 0 Å². The van der Waals surface area contributed by atoms with Gasteiger partial charge in [0.25, 0.3) is 0 Å². The first-order chi connectivity index (χ1) is 23.2. The zero-order valence-electron chi connectivity index (χ0n) is 26.7. The summed E-state index contributed by atoms with van der Waals surface area (Å²) in [5.74, 6) is 9.90. The highest BCUT2D eigenvalue weighted by Gasteiger charge is 2.07. The van der Waals surface area contributed by atoms with E-state index in [0.29, 0.717) is 11.1 Å². The van der Waals surface area contributed by atoms with Crippen LogP contribution in [-0.2, 0) is 0 Å². The first-order valence-corrected chi connectivity index (χ1v) is 15.2. The molecule has 6 aromatic rings. The summed E-state index contributed by atoms with van der Waals surface area (Å²) in [4.78, 5) is 0. The zero-order valence-corrected chi connectivity index (χ0v) is 26.7. The van der Waals surface area contributed by atoms with E-state index in [1.165, 1.54) is 35.4 Å². The molecule has 48 heavy (non-hydrogen) atoms. The fourth-order valence-electron chi connectivity index (χ4n) is 4.76. The molecule has 0 aliphatic heterocycles. The lowest BCUT2D eigenvalue weighted by Gasteiger charge is -2.03. The number of benzene rings is 6. The molecule has 0 fully saturated rings. The molecule has 0 radical (unpaired) electrons. The highest BCUT2D eigenvalue weighted by Crippen LogP contribution is 2.23. The zero-order chi connectivity index (χ0) is 34.0. The van der Waals surface area contributed by atoms with Crippen molar-refractivity contribution in [1.29, 1.82) is 5.26 Å². The van der Waals surface area contributed by atoms with E-state index in [0.717, 1.165) is 33.4 Å². The molecule has 0 aromatic heterocycles. The lowest BCUT2D eigenvalue weighted by atomic mass is 10.0. The van der Waals surface area contributed by atoms with E-state index < -0.39 is 17.5 Å². The Morgan fingerprint density at radius 2 is 0.771 bits per heavy atom.